The van der Waals surface area contributed by atoms with Gasteiger partial charge in [0.2, 0.25) is 5.91 Å². The fourth-order valence-electron chi connectivity index (χ4n) is 3.75. The van der Waals surface area contributed by atoms with Gasteiger partial charge in [0.25, 0.3) is 0 Å². The lowest BCUT2D eigenvalue weighted by Crippen LogP contribution is -2.38. The van der Waals surface area contributed by atoms with Crippen LogP contribution in [0.4, 0.5) is 0 Å². The van der Waals surface area contributed by atoms with Gasteiger partial charge >= 0.3 is 0 Å². The first-order valence-corrected chi connectivity index (χ1v) is 8.21. The number of likely N-dealkylation sites (N-methyl/N-ethyl adjacent to an activating group) is 1. The van der Waals surface area contributed by atoms with E-state index in [4.69, 9.17) is 0 Å². The van der Waals surface area contributed by atoms with E-state index in [9.17, 15) is 4.79 Å². The minimum atomic E-state index is 0.282. The molecule has 3 rings (SSSR count). The number of fused-ring (bicyclic) bond motifs is 1. The Morgan fingerprint density at radius 1 is 1.09 bits per heavy atom. The lowest BCUT2D eigenvalue weighted by Gasteiger charge is -2.23. The summed E-state index contributed by atoms with van der Waals surface area (Å²) >= 11 is 0. The Bertz CT molecular complexity index is 512. The van der Waals surface area contributed by atoms with Crippen molar-refractivity contribution in [3.8, 4) is 0 Å². The SMILES string of the molecule is Cc1ccc(CN2C[C@@H]3CN(C(=O)CN(C)C)C[C@@H]3C2)cc1. The van der Waals surface area contributed by atoms with Gasteiger partial charge in [-0.25, -0.2) is 0 Å². The second-order valence-electron chi connectivity index (χ2n) is 7.24. The Labute approximate surface area is 133 Å². The number of amides is 1. The molecule has 1 aromatic carbocycles. The third kappa shape index (κ3) is 3.50. The summed E-state index contributed by atoms with van der Waals surface area (Å²) in [6, 6.07) is 8.84. The van der Waals surface area contributed by atoms with Gasteiger partial charge in [-0.2, -0.15) is 0 Å². The molecule has 1 amide bonds. The topological polar surface area (TPSA) is 26.8 Å². The van der Waals surface area contributed by atoms with Crippen LogP contribution in [-0.4, -0.2) is 67.4 Å². The zero-order valence-corrected chi connectivity index (χ0v) is 14.0. The number of nitrogens with zero attached hydrogens (tertiary/aromatic N) is 3. The normalized spacial score (nSPS) is 25.0. The Hall–Kier alpha value is -1.39. The third-order valence-corrected chi connectivity index (χ3v) is 4.89. The van der Waals surface area contributed by atoms with Crippen molar-refractivity contribution in [3.63, 3.8) is 0 Å². The highest BCUT2D eigenvalue weighted by atomic mass is 16.2. The summed E-state index contributed by atoms with van der Waals surface area (Å²) in [7, 11) is 3.91. The molecular weight excluding hydrogens is 274 g/mol. The summed E-state index contributed by atoms with van der Waals surface area (Å²) in [5.74, 6) is 1.61. The van der Waals surface area contributed by atoms with Gasteiger partial charge in [-0.3, -0.25) is 9.69 Å². The van der Waals surface area contributed by atoms with Crippen molar-refractivity contribution in [1.82, 2.24) is 14.7 Å². The fourth-order valence-corrected chi connectivity index (χ4v) is 3.75. The molecule has 2 aliphatic rings. The van der Waals surface area contributed by atoms with Crippen LogP contribution in [0.3, 0.4) is 0 Å². The van der Waals surface area contributed by atoms with Crippen LogP contribution >= 0.6 is 0 Å². The maximum Gasteiger partial charge on any atom is 0.236 e. The molecule has 0 bridgehead atoms. The van der Waals surface area contributed by atoms with Crippen molar-refractivity contribution in [2.75, 3.05) is 46.8 Å². The molecule has 2 aliphatic heterocycles. The highest BCUT2D eigenvalue weighted by Gasteiger charge is 2.41. The first kappa shape index (κ1) is 15.5. The molecule has 2 heterocycles. The number of aryl methyl sites for hydroxylation is 1. The van der Waals surface area contributed by atoms with E-state index in [0.29, 0.717) is 18.4 Å². The summed E-state index contributed by atoms with van der Waals surface area (Å²) in [6.45, 7) is 7.85. The van der Waals surface area contributed by atoms with Gasteiger partial charge < -0.3 is 9.80 Å². The number of likely N-dealkylation sites (tertiary alicyclic amines) is 2. The van der Waals surface area contributed by atoms with Gasteiger partial charge in [0.15, 0.2) is 0 Å². The number of hydrogen-bond acceptors (Lipinski definition) is 3. The molecule has 0 spiro atoms. The van der Waals surface area contributed by atoms with Gasteiger partial charge in [-0.15, -0.1) is 0 Å². The Morgan fingerprint density at radius 3 is 2.23 bits per heavy atom. The molecule has 2 saturated heterocycles. The van der Waals surface area contributed by atoms with E-state index in [-0.39, 0.29) is 5.91 Å². The second kappa shape index (κ2) is 6.39. The van der Waals surface area contributed by atoms with Crippen molar-refractivity contribution >= 4 is 5.91 Å². The lowest BCUT2D eigenvalue weighted by molar-refractivity contribution is -0.131. The van der Waals surface area contributed by atoms with Gasteiger partial charge in [-0.05, 0) is 38.4 Å². The highest BCUT2D eigenvalue weighted by molar-refractivity contribution is 5.78. The first-order chi connectivity index (χ1) is 10.5. The minimum Gasteiger partial charge on any atom is -0.341 e. The molecule has 2 fully saturated rings. The van der Waals surface area contributed by atoms with E-state index in [2.05, 4.69) is 41.0 Å². The van der Waals surface area contributed by atoms with Gasteiger partial charge in [0.1, 0.15) is 0 Å². The maximum atomic E-state index is 12.2. The van der Waals surface area contributed by atoms with E-state index in [1.54, 1.807) is 0 Å². The summed E-state index contributed by atoms with van der Waals surface area (Å²) < 4.78 is 0. The van der Waals surface area contributed by atoms with Crippen molar-refractivity contribution < 1.29 is 4.79 Å². The van der Waals surface area contributed by atoms with Crippen molar-refractivity contribution in [3.05, 3.63) is 35.4 Å². The molecule has 0 saturated carbocycles. The monoisotopic (exact) mass is 301 g/mol. The number of carbonyl (C=O) groups is 1. The van der Waals surface area contributed by atoms with Gasteiger partial charge in [0, 0.05) is 32.7 Å². The van der Waals surface area contributed by atoms with E-state index >= 15 is 0 Å². The lowest BCUT2D eigenvalue weighted by atomic mass is 10.0. The molecule has 22 heavy (non-hydrogen) atoms. The van der Waals surface area contributed by atoms with E-state index in [1.807, 2.05) is 19.0 Å². The van der Waals surface area contributed by atoms with Gasteiger partial charge in [-0.1, -0.05) is 29.8 Å². The van der Waals surface area contributed by atoms with Crippen LogP contribution in [0.2, 0.25) is 0 Å². The summed E-state index contributed by atoms with van der Waals surface area (Å²) in [5.41, 5.74) is 2.71. The first-order valence-electron chi connectivity index (χ1n) is 8.21. The van der Waals surface area contributed by atoms with Crippen LogP contribution < -0.4 is 0 Å². The quantitative estimate of drug-likeness (QED) is 0.842. The third-order valence-electron chi connectivity index (χ3n) is 4.89. The highest BCUT2D eigenvalue weighted by Crippen LogP contribution is 2.31. The van der Waals surface area contributed by atoms with E-state index in [1.165, 1.54) is 11.1 Å². The van der Waals surface area contributed by atoms with Crippen LogP contribution in [0.5, 0.6) is 0 Å². The van der Waals surface area contributed by atoms with Gasteiger partial charge in [0.05, 0.1) is 6.54 Å². The summed E-state index contributed by atoms with van der Waals surface area (Å²) in [6.07, 6.45) is 0. The molecule has 1 aromatic rings. The molecule has 4 heteroatoms. The summed E-state index contributed by atoms with van der Waals surface area (Å²) in [5, 5.41) is 0. The van der Waals surface area contributed by atoms with E-state index in [0.717, 1.165) is 32.7 Å². The van der Waals surface area contributed by atoms with Crippen molar-refractivity contribution in [2.24, 2.45) is 11.8 Å². The van der Waals surface area contributed by atoms with Crippen molar-refractivity contribution in [1.29, 1.82) is 0 Å². The predicted molar refractivity (Wildman–Crippen MR) is 88.6 cm³/mol. The Morgan fingerprint density at radius 2 is 1.68 bits per heavy atom. The molecule has 120 valence electrons. The minimum absolute atomic E-state index is 0.282. The molecule has 0 N–H and O–H groups in total. The largest absolute Gasteiger partial charge is 0.341 e. The smallest absolute Gasteiger partial charge is 0.236 e. The maximum absolute atomic E-state index is 12.2. The molecule has 0 aromatic heterocycles. The molecule has 0 radical (unpaired) electrons. The van der Waals surface area contributed by atoms with Crippen molar-refractivity contribution in [2.45, 2.75) is 13.5 Å². The zero-order chi connectivity index (χ0) is 15.7. The molecule has 0 aliphatic carbocycles. The number of carbonyl (C=O) groups excluding carboxylic acids is 1. The standard InChI is InChI=1S/C18H27N3O/c1-14-4-6-15(7-5-14)8-20-9-16-11-21(12-17(16)10-20)18(22)13-19(2)3/h4-7,16-17H,8-13H2,1-3H3/t16-,17+. The zero-order valence-electron chi connectivity index (χ0n) is 14.0. The Balaban J connectivity index is 1.51. The number of benzene rings is 1. The predicted octanol–water partition coefficient (Wildman–Crippen LogP) is 1.45. The van der Waals surface area contributed by atoms with Crippen LogP contribution in [0.25, 0.3) is 0 Å². The fraction of sp³-hybridized carbons (Fsp3) is 0.611. The average Bonchev–Trinajstić information content (AvgIpc) is 2.98. The van der Waals surface area contributed by atoms with E-state index < -0.39 is 0 Å². The Kier molecular flexibility index (Phi) is 4.50. The average molecular weight is 301 g/mol. The second-order valence-corrected chi connectivity index (χ2v) is 7.24. The number of hydrogen-bond donors (Lipinski definition) is 0. The van der Waals surface area contributed by atoms with Crippen LogP contribution in [0, 0.1) is 18.8 Å². The van der Waals surface area contributed by atoms with Crippen LogP contribution in [0.15, 0.2) is 24.3 Å². The molecule has 0 unspecified atom stereocenters. The number of rotatable bonds is 4. The van der Waals surface area contributed by atoms with Crippen LogP contribution in [-0.2, 0) is 11.3 Å². The molecule has 2 atom stereocenters. The molecule has 4 nitrogen and oxygen atoms in total. The summed E-state index contributed by atoms with van der Waals surface area (Å²) in [4.78, 5) is 18.7. The molecular formula is C18H27N3O. The van der Waals surface area contributed by atoms with Crippen LogP contribution in [0.1, 0.15) is 11.1 Å².